The van der Waals surface area contributed by atoms with Gasteiger partial charge in [-0.2, -0.15) is 4.68 Å². The van der Waals surface area contributed by atoms with Gasteiger partial charge in [-0.05, 0) is 57.0 Å². The van der Waals surface area contributed by atoms with Gasteiger partial charge in [0.1, 0.15) is 28.4 Å². The summed E-state index contributed by atoms with van der Waals surface area (Å²) in [6.07, 6.45) is 0.363. The van der Waals surface area contributed by atoms with Crippen LogP contribution in [0.15, 0.2) is 52.3 Å². The second-order valence-electron chi connectivity index (χ2n) is 13.1. The van der Waals surface area contributed by atoms with Crippen molar-refractivity contribution >= 4 is 63.0 Å². The van der Waals surface area contributed by atoms with Gasteiger partial charge in [0.2, 0.25) is 11.8 Å². The number of carbonyl (C=O) groups is 3. The van der Waals surface area contributed by atoms with Crippen LogP contribution < -0.4 is 21.5 Å². The van der Waals surface area contributed by atoms with Crippen LogP contribution in [0.25, 0.3) is 15.9 Å². The van der Waals surface area contributed by atoms with E-state index in [1.165, 1.54) is 4.88 Å². The molecule has 2 aliphatic rings. The molecular weight excluding hydrogens is 748 g/mol. The molecule has 0 spiro atoms. The van der Waals surface area contributed by atoms with Crippen LogP contribution in [0.3, 0.4) is 0 Å². The molecule has 0 radical (unpaired) electrons. The van der Waals surface area contributed by atoms with Crippen LogP contribution in [0.5, 0.6) is 0 Å². The average molecular weight is 787 g/mol. The number of nitrogens with zero attached hydrogens (tertiary/aromatic N) is 7. The number of aromatic nitrogens is 6. The van der Waals surface area contributed by atoms with Crippen molar-refractivity contribution in [2.24, 2.45) is 4.99 Å². The summed E-state index contributed by atoms with van der Waals surface area (Å²) in [5.41, 5.74) is 4.24. The molecular formula is C37H39ClN10O6S. The van der Waals surface area contributed by atoms with Crippen LogP contribution in [0.1, 0.15) is 64.6 Å². The molecule has 3 amide bonds. The highest BCUT2D eigenvalue weighted by molar-refractivity contribution is 7.15. The van der Waals surface area contributed by atoms with E-state index in [0.717, 1.165) is 37.9 Å². The number of amides is 3. The van der Waals surface area contributed by atoms with Crippen molar-refractivity contribution in [3.8, 4) is 5.00 Å². The fourth-order valence-corrected chi connectivity index (χ4v) is 7.93. The Kier molecular flexibility index (Phi) is 11.4. The SMILES string of the molecule is Cc1sc2c(c1C)C(c1ccc(Cl)cc1)=N[C@@H](CC(=O)NCCOCCOCCNc1cccc3nnn(C4CCC(=O)NC4=O)c(=O)c13)c1nnc(C)n1-2. The summed E-state index contributed by atoms with van der Waals surface area (Å²) in [6.45, 7) is 8.01. The van der Waals surface area contributed by atoms with E-state index >= 15 is 0 Å². The van der Waals surface area contributed by atoms with Crippen molar-refractivity contribution in [3.63, 3.8) is 0 Å². The number of halogens is 1. The van der Waals surface area contributed by atoms with Gasteiger partial charge < -0.3 is 20.1 Å². The molecule has 0 aliphatic carbocycles. The van der Waals surface area contributed by atoms with Crippen LogP contribution in [0, 0.1) is 20.8 Å². The maximum atomic E-state index is 13.3. The molecule has 0 saturated carbocycles. The predicted molar refractivity (Wildman–Crippen MR) is 206 cm³/mol. The van der Waals surface area contributed by atoms with Crippen LogP contribution in [0.4, 0.5) is 5.69 Å². The molecule has 286 valence electrons. The molecule has 2 aromatic carbocycles. The molecule has 3 aromatic heterocycles. The Morgan fingerprint density at radius 1 is 0.982 bits per heavy atom. The monoisotopic (exact) mass is 786 g/mol. The van der Waals surface area contributed by atoms with Crippen LogP contribution in [-0.4, -0.2) is 92.7 Å². The first-order valence-corrected chi connectivity index (χ1v) is 19.0. The summed E-state index contributed by atoms with van der Waals surface area (Å²) in [5, 5.41) is 27.2. The van der Waals surface area contributed by atoms with Crippen molar-refractivity contribution in [2.45, 2.75) is 52.1 Å². The highest BCUT2D eigenvalue weighted by Gasteiger charge is 2.33. The van der Waals surface area contributed by atoms with E-state index in [-0.39, 0.29) is 31.1 Å². The van der Waals surface area contributed by atoms with Gasteiger partial charge in [0.25, 0.3) is 11.5 Å². The maximum Gasteiger partial charge on any atom is 0.280 e. The van der Waals surface area contributed by atoms with Crippen molar-refractivity contribution in [3.05, 3.63) is 91.1 Å². The third kappa shape index (κ3) is 8.05. The smallest absolute Gasteiger partial charge is 0.280 e. The van der Waals surface area contributed by atoms with Gasteiger partial charge in [-0.3, -0.25) is 34.1 Å². The molecule has 1 fully saturated rings. The third-order valence-electron chi connectivity index (χ3n) is 9.46. The Bertz CT molecular complexity index is 2350. The molecule has 1 unspecified atom stereocenters. The summed E-state index contributed by atoms with van der Waals surface area (Å²) >= 11 is 7.87. The number of ether oxygens (including phenoxy) is 2. The van der Waals surface area contributed by atoms with Crippen LogP contribution >= 0.6 is 22.9 Å². The first-order chi connectivity index (χ1) is 26.6. The lowest BCUT2D eigenvalue weighted by Gasteiger charge is -2.21. The Labute approximate surface area is 324 Å². The van der Waals surface area contributed by atoms with Crippen molar-refractivity contribution in [1.29, 1.82) is 0 Å². The molecule has 5 heterocycles. The number of rotatable bonds is 14. The Morgan fingerprint density at radius 3 is 2.51 bits per heavy atom. The molecule has 16 nitrogen and oxygen atoms in total. The summed E-state index contributed by atoms with van der Waals surface area (Å²) in [6, 6.07) is 11.2. The van der Waals surface area contributed by atoms with Gasteiger partial charge in [-0.25, -0.2) is 0 Å². The Hall–Kier alpha value is -5.36. The van der Waals surface area contributed by atoms with Crippen LogP contribution in [0.2, 0.25) is 5.02 Å². The average Bonchev–Trinajstić information content (AvgIpc) is 3.64. The fourth-order valence-electron chi connectivity index (χ4n) is 6.59. The standard InChI is InChI=1S/C37H39ClN10O6S/c1-20-21(2)55-37-31(20)33(23-7-9-24(38)10-8-23)41-27(34-45-43-22(3)47(34)37)19-30(50)40-14-16-54-18-17-53-15-13-39-25-5-4-6-26-32(25)36(52)48(46-44-26)28-11-12-29(49)42-35(28)51/h4-10,27-28,39H,11-19H2,1-3H3,(H,40,50)(H,42,49,51)/t27-,28?/m0/s1. The quantitative estimate of drug-likeness (QED) is 0.110. The lowest BCUT2D eigenvalue weighted by Crippen LogP contribution is -2.45. The zero-order valence-corrected chi connectivity index (χ0v) is 32.0. The number of aryl methyl sites for hydroxylation is 2. The largest absolute Gasteiger partial charge is 0.382 e. The molecule has 2 aliphatic heterocycles. The molecule has 5 aromatic rings. The Balaban J connectivity index is 0.879. The number of aliphatic imine (C=N–C) groups is 1. The zero-order valence-electron chi connectivity index (χ0n) is 30.4. The van der Waals surface area contributed by atoms with E-state index in [4.69, 9.17) is 26.1 Å². The van der Waals surface area contributed by atoms with Gasteiger partial charge in [-0.1, -0.05) is 35.0 Å². The number of hydrogen-bond donors (Lipinski definition) is 3. The summed E-state index contributed by atoms with van der Waals surface area (Å²) < 4.78 is 14.4. The molecule has 2 atom stereocenters. The summed E-state index contributed by atoms with van der Waals surface area (Å²) in [4.78, 5) is 56.8. The number of nitrogens with one attached hydrogen (secondary N) is 3. The molecule has 55 heavy (non-hydrogen) atoms. The first kappa shape index (κ1) is 37.9. The van der Waals surface area contributed by atoms with E-state index < -0.39 is 23.6 Å². The molecule has 0 bridgehead atoms. The van der Waals surface area contributed by atoms with E-state index in [1.807, 2.05) is 35.8 Å². The predicted octanol–water partition coefficient (Wildman–Crippen LogP) is 3.53. The number of benzene rings is 2. The number of thiophene rings is 1. The summed E-state index contributed by atoms with van der Waals surface area (Å²) in [5.74, 6) is 0.188. The fraction of sp³-hybridized carbons (Fsp3) is 0.378. The van der Waals surface area contributed by atoms with E-state index in [2.05, 4.69) is 50.3 Å². The molecule has 7 rings (SSSR count). The van der Waals surface area contributed by atoms with E-state index in [1.54, 1.807) is 29.5 Å². The number of piperidine rings is 1. The minimum absolute atomic E-state index is 0.0757. The molecule has 18 heteroatoms. The highest BCUT2D eigenvalue weighted by atomic mass is 35.5. The topological polar surface area (TPSA) is 197 Å². The lowest BCUT2D eigenvalue weighted by atomic mass is 9.99. The van der Waals surface area contributed by atoms with Gasteiger partial charge in [-0.15, -0.1) is 26.6 Å². The van der Waals surface area contributed by atoms with E-state index in [9.17, 15) is 19.2 Å². The summed E-state index contributed by atoms with van der Waals surface area (Å²) in [7, 11) is 0. The number of anilines is 1. The normalized spacial score (nSPS) is 16.6. The molecule has 1 saturated heterocycles. The number of imide groups is 1. The second kappa shape index (κ2) is 16.6. The van der Waals surface area contributed by atoms with E-state index in [0.29, 0.717) is 67.0 Å². The minimum Gasteiger partial charge on any atom is -0.382 e. The van der Waals surface area contributed by atoms with Crippen molar-refractivity contribution in [1.82, 2.24) is 40.4 Å². The first-order valence-electron chi connectivity index (χ1n) is 17.8. The van der Waals surface area contributed by atoms with Gasteiger partial charge in [0, 0.05) is 46.2 Å². The second-order valence-corrected chi connectivity index (χ2v) is 14.8. The number of hydrogen-bond acceptors (Lipinski definition) is 13. The van der Waals surface area contributed by atoms with Crippen molar-refractivity contribution in [2.75, 3.05) is 44.8 Å². The number of carbonyl (C=O) groups excluding carboxylic acids is 3. The van der Waals surface area contributed by atoms with Gasteiger partial charge >= 0.3 is 0 Å². The molecule has 3 N–H and O–H groups in total. The number of fused-ring (bicyclic) bond motifs is 4. The van der Waals surface area contributed by atoms with Crippen LogP contribution in [-0.2, 0) is 23.9 Å². The maximum absolute atomic E-state index is 13.3. The van der Waals surface area contributed by atoms with Gasteiger partial charge in [0.05, 0.1) is 43.9 Å². The zero-order chi connectivity index (χ0) is 38.6. The van der Waals surface area contributed by atoms with Crippen molar-refractivity contribution < 1.29 is 23.9 Å². The van der Waals surface area contributed by atoms with Gasteiger partial charge in [0.15, 0.2) is 5.82 Å². The highest BCUT2D eigenvalue weighted by Crippen LogP contribution is 2.39. The Morgan fingerprint density at radius 2 is 1.75 bits per heavy atom. The lowest BCUT2D eigenvalue weighted by molar-refractivity contribution is -0.136. The minimum atomic E-state index is -0.910. The third-order valence-corrected chi connectivity index (χ3v) is 10.9.